The summed E-state index contributed by atoms with van der Waals surface area (Å²) in [5.41, 5.74) is 11.1. The Kier molecular flexibility index (Phi) is 7.64. The topological polar surface area (TPSA) is 51.8 Å². The molecule has 0 N–H and O–H groups in total. The van der Waals surface area contributed by atoms with Crippen LogP contribution >= 0.6 is 11.3 Å². The normalized spacial score (nSPS) is 11.6. The van der Waals surface area contributed by atoms with Crippen LogP contribution in [0.15, 0.2) is 192 Å². The number of benzene rings is 8. The minimum Gasteiger partial charge on any atom is -0.456 e. The highest BCUT2D eigenvalue weighted by Gasteiger charge is 2.20. The van der Waals surface area contributed by atoms with Crippen LogP contribution in [0, 0.1) is 0 Å². The summed E-state index contributed by atoms with van der Waals surface area (Å²) in [7, 11) is 0. The van der Waals surface area contributed by atoms with E-state index >= 15 is 0 Å². The standard InChI is InChI=1S/C51H31N3OS/c1-3-13-32(14-4-1)34-17-11-18-37(29-34)50-52-49(33-15-5-2-6-16-33)53-51(54-50)40-27-25-35(38-21-12-23-45-48(38)41-20-7-9-22-44(41)55-45)30-42(40)36-26-28-47-43(31-36)39-19-8-10-24-46(39)56-47/h1-31H. The van der Waals surface area contributed by atoms with Gasteiger partial charge in [0.1, 0.15) is 11.2 Å². The quantitative estimate of drug-likeness (QED) is 0.171. The van der Waals surface area contributed by atoms with Crippen LogP contribution in [-0.2, 0) is 0 Å². The molecule has 0 aliphatic heterocycles. The van der Waals surface area contributed by atoms with Crippen molar-refractivity contribution in [3.05, 3.63) is 188 Å². The van der Waals surface area contributed by atoms with E-state index in [-0.39, 0.29) is 0 Å². The lowest BCUT2D eigenvalue weighted by Gasteiger charge is -2.15. The van der Waals surface area contributed by atoms with Crippen molar-refractivity contribution in [3.8, 4) is 67.5 Å². The zero-order valence-electron chi connectivity index (χ0n) is 30.1. The van der Waals surface area contributed by atoms with Crippen molar-refractivity contribution in [2.75, 3.05) is 0 Å². The molecule has 0 aliphatic carbocycles. The van der Waals surface area contributed by atoms with Crippen LogP contribution in [0.3, 0.4) is 0 Å². The van der Waals surface area contributed by atoms with Crippen molar-refractivity contribution >= 4 is 53.4 Å². The molecular weight excluding hydrogens is 703 g/mol. The van der Waals surface area contributed by atoms with E-state index in [0.29, 0.717) is 17.5 Å². The van der Waals surface area contributed by atoms with Gasteiger partial charge >= 0.3 is 0 Å². The summed E-state index contributed by atoms with van der Waals surface area (Å²) >= 11 is 1.82. The van der Waals surface area contributed by atoms with E-state index in [1.807, 2.05) is 53.8 Å². The fraction of sp³-hybridized carbons (Fsp3) is 0. The van der Waals surface area contributed by atoms with Crippen molar-refractivity contribution in [2.24, 2.45) is 0 Å². The van der Waals surface area contributed by atoms with Crippen LogP contribution in [0.1, 0.15) is 0 Å². The van der Waals surface area contributed by atoms with Crippen LogP contribution in [0.2, 0.25) is 0 Å². The molecule has 4 nitrogen and oxygen atoms in total. The third-order valence-corrected chi connectivity index (χ3v) is 11.7. The Morgan fingerprint density at radius 1 is 0.321 bits per heavy atom. The molecule has 0 aliphatic rings. The number of hydrogen-bond donors (Lipinski definition) is 0. The second-order valence-corrected chi connectivity index (χ2v) is 15.0. The molecule has 0 saturated heterocycles. The van der Waals surface area contributed by atoms with Crippen molar-refractivity contribution in [1.82, 2.24) is 15.0 Å². The summed E-state index contributed by atoms with van der Waals surface area (Å²) in [5, 5.41) is 4.70. The molecular formula is C51H31N3OS. The molecule has 0 saturated carbocycles. The van der Waals surface area contributed by atoms with E-state index in [4.69, 9.17) is 19.4 Å². The summed E-state index contributed by atoms with van der Waals surface area (Å²) in [6.45, 7) is 0. The van der Waals surface area contributed by atoms with Gasteiger partial charge in [-0.2, -0.15) is 0 Å². The number of furan rings is 1. The highest BCUT2D eigenvalue weighted by molar-refractivity contribution is 7.25. The molecule has 0 amide bonds. The van der Waals surface area contributed by atoms with Gasteiger partial charge in [0.05, 0.1) is 0 Å². The first kappa shape index (κ1) is 32.2. The molecule has 5 heteroatoms. The monoisotopic (exact) mass is 733 g/mol. The smallest absolute Gasteiger partial charge is 0.164 e. The van der Waals surface area contributed by atoms with Gasteiger partial charge in [-0.05, 0) is 81.9 Å². The number of hydrogen-bond acceptors (Lipinski definition) is 5. The average Bonchev–Trinajstić information content (AvgIpc) is 3.85. The maximum atomic E-state index is 6.32. The predicted molar refractivity (Wildman–Crippen MR) is 233 cm³/mol. The van der Waals surface area contributed by atoms with E-state index in [0.717, 1.165) is 72.0 Å². The van der Waals surface area contributed by atoms with E-state index in [1.165, 1.54) is 20.2 Å². The van der Waals surface area contributed by atoms with Gasteiger partial charge in [-0.1, -0.05) is 140 Å². The fourth-order valence-corrected chi connectivity index (χ4v) is 8.95. The van der Waals surface area contributed by atoms with Crippen LogP contribution in [0.4, 0.5) is 0 Å². The summed E-state index contributed by atoms with van der Waals surface area (Å²) in [4.78, 5) is 15.6. The second-order valence-electron chi connectivity index (χ2n) is 14.0. The van der Waals surface area contributed by atoms with E-state index in [9.17, 15) is 0 Å². The van der Waals surface area contributed by atoms with Crippen LogP contribution in [-0.4, -0.2) is 15.0 Å². The summed E-state index contributed by atoms with van der Waals surface area (Å²) in [6.07, 6.45) is 0. The predicted octanol–water partition coefficient (Wildman–Crippen LogP) is 14.1. The van der Waals surface area contributed by atoms with Gasteiger partial charge in [0, 0.05) is 47.6 Å². The van der Waals surface area contributed by atoms with Crippen molar-refractivity contribution < 1.29 is 4.42 Å². The SMILES string of the molecule is c1ccc(-c2cccc(-c3nc(-c4ccccc4)nc(-c4ccc(-c5cccc6oc7ccccc7c56)cc4-c4ccc5sc6ccccc6c5c4)n3)c2)cc1. The Morgan fingerprint density at radius 2 is 0.929 bits per heavy atom. The molecule has 56 heavy (non-hydrogen) atoms. The second kappa shape index (κ2) is 13.3. The van der Waals surface area contributed by atoms with Gasteiger partial charge < -0.3 is 4.42 Å². The van der Waals surface area contributed by atoms with E-state index < -0.39 is 0 Å². The van der Waals surface area contributed by atoms with Gasteiger partial charge in [-0.15, -0.1) is 11.3 Å². The molecule has 0 fully saturated rings. The van der Waals surface area contributed by atoms with Gasteiger partial charge in [-0.25, -0.2) is 15.0 Å². The zero-order valence-corrected chi connectivity index (χ0v) is 30.9. The molecule has 8 aromatic carbocycles. The number of thiophene rings is 1. The molecule has 0 unspecified atom stereocenters. The first-order chi connectivity index (χ1) is 27.7. The summed E-state index contributed by atoms with van der Waals surface area (Å²) in [5.74, 6) is 1.86. The van der Waals surface area contributed by atoms with Crippen molar-refractivity contribution in [2.45, 2.75) is 0 Å². The highest BCUT2D eigenvalue weighted by Crippen LogP contribution is 2.43. The first-order valence-electron chi connectivity index (χ1n) is 18.7. The zero-order chi connectivity index (χ0) is 37.0. The van der Waals surface area contributed by atoms with E-state index in [1.54, 1.807) is 0 Å². The first-order valence-corrected chi connectivity index (χ1v) is 19.5. The third-order valence-electron chi connectivity index (χ3n) is 10.6. The Hall–Kier alpha value is -7.21. The van der Waals surface area contributed by atoms with Gasteiger partial charge in [0.15, 0.2) is 17.5 Å². The van der Waals surface area contributed by atoms with Gasteiger partial charge in [0.2, 0.25) is 0 Å². The minimum atomic E-state index is 0.614. The number of para-hydroxylation sites is 1. The average molecular weight is 734 g/mol. The molecule has 3 heterocycles. The number of fused-ring (bicyclic) bond motifs is 6. The molecule has 0 radical (unpaired) electrons. The lowest BCUT2D eigenvalue weighted by atomic mass is 9.91. The molecule has 11 aromatic rings. The molecule has 0 bridgehead atoms. The lowest BCUT2D eigenvalue weighted by Crippen LogP contribution is -2.01. The lowest BCUT2D eigenvalue weighted by molar-refractivity contribution is 0.669. The molecule has 0 spiro atoms. The largest absolute Gasteiger partial charge is 0.456 e. The van der Waals surface area contributed by atoms with Crippen LogP contribution in [0.25, 0.3) is 110 Å². The Morgan fingerprint density at radius 3 is 1.79 bits per heavy atom. The van der Waals surface area contributed by atoms with Gasteiger partial charge in [-0.3, -0.25) is 0 Å². The molecule has 0 atom stereocenters. The summed E-state index contributed by atoms with van der Waals surface area (Å²) < 4.78 is 8.86. The van der Waals surface area contributed by atoms with E-state index in [2.05, 4.69) is 146 Å². The molecule has 262 valence electrons. The van der Waals surface area contributed by atoms with Gasteiger partial charge in [0.25, 0.3) is 0 Å². The Labute approximate surface area is 327 Å². The van der Waals surface area contributed by atoms with Crippen LogP contribution in [0.5, 0.6) is 0 Å². The van der Waals surface area contributed by atoms with Crippen LogP contribution < -0.4 is 0 Å². The Balaban J connectivity index is 1.16. The molecule has 3 aromatic heterocycles. The fourth-order valence-electron chi connectivity index (χ4n) is 7.86. The maximum Gasteiger partial charge on any atom is 0.164 e. The van der Waals surface area contributed by atoms with Crippen molar-refractivity contribution in [1.29, 1.82) is 0 Å². The maximum absolute atomic E-state index is 6.32. The highest BCUT2D eigenvalue weighted by atomic mass is 32.1. The number of aromatic nitrogens is 3. The minimum absolute atomic E-state index is 0.614. The summed E-state index contributed by atoms with van der Waals surface area (Å²) in [6, 6.07) is 65.7. The molecule has 11 rings (SSSR count). The van der Waals surface area contributed by atoms with Crippen molar-refractivity contribution in [3.63, 3.8) is 0 Å². The number of nitrogens with zero attached hydrogens (tertiary/aromatic N) is 3. The number of rotatable bonds is 6. The Bertz CT molecular complexity index is 3260. The third kappa shape index (κ3) is 5.56.